The van der Waals surface area contributed by atoms with Crippen LogP contribution in [-0.4, -0.2) is 22.3 Å². The van der Waals surface area contributed by atoms with Crippen molar-refractivity contribution in [3.05, 3.63) is 28.8 Å². The molecule has 0 aliphatic carbocycles. The number of rotatable bonds is 5. The number of hydrogen-bond donors (Lipinski definition) is 0. The summed E-state index contributed by atoms with van der Waals surface area (Å²) in [4.78, 5) is 4.39. The van der Waals surface area contributed by atoms with Crippen molar-refractivity contribution in [2.24, 2.45) is 0 Å². The minimum absolute atomic E-state index is 0.0807. The van der Waals surface area contributed by atoms with Crippen LogP contribution in [0.2, 0.25) is 5.02 Å². The number of fused-ring (bicyclic) bond motifs is 1. The van der Waals surface area contributed by atoms with Crippen molar-refractivity contribution in [2.45, 2.75) is 38.8 Å². The van der Waals surface area contributed by atoms with Crippen LogP contribution in [0.15, 0.2) is 12.1 Å². The van der Waals surface area contributed by atoms with Crippen LogP contribution in [0.1, 0.15) is 32.0 Å². The SMILES string of the molecule is CC(C)OCCn1c(C(C)Cl)nc2cc(F)c(Cl)cc21. The maximum atomic E-state index is 13.5. The zero-order valence-electron chi connectivity index (χ0n) is 11.7. The minimum Gasteiger partial charge on any atom is -0.377 e. The largest absolute Gasteiger partial charge is 0.377 e. The Labute approximate surface area is 127 Å². The maximum absolute atomic E-state index is 13.5. The third-order valence-electron chi connectivity index (χ3n) is 2.94. The lowest BCUT2D eigenvalue weighted by Crippen LogP contribution is -2.13. The van der Waals surface area contributed by atoms with Gasteiger partial charge in [-0.3, -0.25) is 0 Å². The van der Waals surface area contributed by atoms with Crippen LogP contribution < -0.4 is 0 Å². The highest BCUT2D eigenvalue weighted by atomic mass is 35.5. The number of benzene rings is 1. The van der Waals surface area contributed by atoms with Gasteiger partial charge in [0.1, 0.15) is 11.6 Å². The first-order chi connectivity index (χ1) is 9.40. The van der Waals surface area contributed by atoms with E-state index in [1.165, 1.54) is 6.07 Å². The Kier molecular flexibility index (Phi) is 4.89. The monoisotopic (exact) mass is 318 g/mol. The molecule has 0 N–H and O–H groups in total. The number of aromatic nitrogens is 2. The van der Waals surface area contributed by atoms with Gasteiger partial charge in [-0.25, -0.2) is 9.37 Å². The molecule has 0 amide bonds. The summed E-state index contributed by atoms with van der Waals surface area (Å²) in [6, 6.07) is 2.91. The molecule has 110 valence electrons. The Morgan fingerprint density at radius 3 is 2.65 bits per heavy atom. The summed E-state index contributed by atoms with van der Waals surface area (Å²) < 4.78 is 21.0. The average Bonchev–Trinajstić information content (AvgIpc) is 2.68. The molecule has 0 spiro atoms. The van der Waals surface area contributed by atoms with Gasteiger partial charge in [-0.15, -0.1) is 11.6 Å². The number of hydrogen-bond acceptors (Lipinski definition) is 2. The second kappa shape index (κ2) is 6.29. The highest BCUT2D eigenvalue weighted by Crippen LogP contribution is 2.28. The van der Waals surface area contributed by atoms with E-state index < -0.39 is 5.82 Å². The predicted molar refractivity (Wildman–Crippen MR) is 80.1 cm³/mol. The van der Waals surface area contributed by atoms with Crippen LogP contribution in [0.25, 0.3) is 11.0 Å². The third-order valence-corrected chi connectivity index (χ3v) is 3.43. The smallest absolute Gasteiger partial charge is 0.144 e. The lowest BCUT2D eigenvalue weighted by atomic mass is 10.3. The first kappa shape index (κ1) is 15.5. The van der Waals surface area contributed by atoms with Crippen LogP contribution in [0.3, 0.4) is 0 Å². The topological polar surface area (TPSA) is 27.1 Å². The van der Waals surface area contributed by atoms with Gasteiger partial charge >= 0.3 is 0 Å². The van der Waals surface area contributed by atoms with Crippen LogP contribution in [0.4, 0.5) is 4.39 Å². The summed E-state index contributed by atoms with van der Waals surface area (Å²) in [5.74, 6) is 0.215. The van der Waals surface area contributed by atoms with Gasteiger partial charge in [0.15, 0.2) is 0 Å². The fourth-order valence-electron chi connectivity index (χ4n) is 2.06. The summed E-state index contributed by atoms with van der Waals surface area (Å²) in [5.41, 5.74) is 1.32. The molecule has 3 nitrogen and oxygen atoms in total. The van der Waals surface area contributed by atoms with Crippen molar-refractivity contribution >= 4 is 34.2 Å². The van der Waals surface area contributed by atoms with E-state index in [1.807, 2.05) is 25.3 Å². The molecule has 1 aromatic carbocycles. The molecule has 0 saturated carbocycles. The quantitative estimate of drug-likeness (QED) is 0.756. The van der Waals surface area contributed by atoms with Gasteiger partial charge in [-0.05, 0) is 26.8 Å². The molecule has 1 aromatic heterocycles. The summed E-state index contributed by atoms with van der Waals surface area (Å²) in [6.07, 6.45) is 0.155. The van der Waals surface area contributed by atoms with Crippen LogP contribution >= 0.6 is 23.2 Å². The third kappa shape index (κ3) is 3.25. The van der Waals surface area contributed by atoms with Crippen molar-refractivity contribution in [1.82, 2.24) is 9.55 Å². The number of alkyl halides is 1. The highest BCUT2D eigenvalue weighted by molar-refractivity contribution is 6.31. The highest BCUT2D eigenvalue weighted by Gasteiger charge is 2.16. The Morgan fingerprint density at radius 2 is 2.05 bits per heavy atom. The molecule has 0 bridgehead atoms. The molecule has 1 unspecified atom stereocenters. The molecule has 0 fully saturated rings. The van der Waals surface area contributed by atoms with E-state index in [2.05, 4.69) is 4.98 Å². The van der Waals surface area contributed by atoms with Gasteiger partial charge in [0, 0.05) is 12.6 Å². The van der Waals surface area contributed by atoms with Crippen LogP contribution in [0.5, 0.6) is 0 Å². The second-order valence-electron chi connectivity index (χ2n) is 4.91. The number of halogens is 3. The fourth-order valence-corrected chi connectivity index (χ4v) is 2.38. The first-order valence-corrected chi connectivity index (χ1v) is 7.32. The molecule has 6 heteroatoms. The number of nitrogens with zero attached hydrogens (tertiary/aromatic N) is 2. The van der Waals surface area contributed by atoms with E-state index >= 15 is 0 Å². The second-order valence-corrected chi connectivity index (χ2v) is 5.97. The summed E-state index contributed by atoms with van der Waals surface area (Å²) in [7, 11) is 0. The van der Waals surface area contributed by atoms with Gasteiger partial charge in [-0.1, -0.05) is 11.6 Å². The molecular formula is C14H17Cl2FN2O. The molecule has 0 radical (unpaired) electrons. The van der Waals surface area contributed by atoms with Gasteiger partial charge < -0.3 is 9.30 Å². The van der Waals surface area contributed by atoms with Crippen LogP contribution in [0, 0.1) is 5.82 Å². The van der Waals surface area contributed by atoms with Crippen molar-refractivity contribution < 1.29 is 9.13 Å². The summed E-state index contributed by atoms with van der Waals surface area (Å²) in [5, 5.41) is -0.194. The van der Waals surface area contributed by atoms with E-state index in [-0.39, 0.29) is 16.5 Å². The van der Waals surface area contributed by atoms with E-state index in [1.54, 1.807) is 6.07 Å². The standard InChI is InChI=1S/C14H17Cl2FN2O/c1-8(2)20-5-4-19-13-6-10(16)11(17)7-12(13)18-14(19)9(3)15/h6-9H,4-5H2,1-3H3. The van der Waals surface area contributed by atoms with Gasteiger partial charge in [0.2, 0.25) is 0 Å². The lowest BCUT2D eigenvalue weighted by Gasteiger charge is -2.12. The molecule has 1 heterocycles. The maximum Gasteiger partial charge on any atom is 0.144 e. The zero-order chi connectivity index (χ0) is 14.9. The molecule has 2 rings (SSSR count). The van der Waals surface area contributed by atoms with E-state index in [4.69, 9.17) is 27.9 Å². The Hall–Kier alpha value is -0.840. The van der Waals surface area contributed by atoms with Crippen molar-refractivity contribution in [2.75, 3.05) is 6.61 Å². The van der Waals surface area contributed by atoms with Crippen LogP contribution in [-0.2, 0) is 11.3 Å². The Balaban J connectivity index is 2.42. The number of imidazole rings is 1. The van der Waals surface area contributed by atoms with E-state index in [9.17, 15) is 4.39 Å². The Bertz CT molecular complexity index is 611. The summed E-state index contributed by atoms with van der Waals surface area (Å²) in [6.45, 7) is 6.92. The molecule has 0 aliphatic heterocycles. The first-order valence-electron chi connectivity index (χ1n) is 6.51. The summed E-state index contributed by atoms with van der Waals surface area (Å²) >= 11 is 12.0. The molecule has 0 saturated heterocycles. The van der Waals surface area contributed by atoms with Gasteiger partial charge in [-0.2, -0.15) is 0 Å². The van der Waals surface area contributed by atoms with Gasteiger partial charge in [0.25, 0.3) is 0 Å². The predicted octanol–water partition coefficient (Wildman–Crippen LogP) is 4.55. The molecule has 1 atom stereocenters. The van der Waals surface area contributed by atoms with Crippen molar-refractivity contribution in [3.8, 4) is 0 Å². The van der Waals surface area contributed by atoms with Crippen molar-refractivity contribution in [1.29, 1.82) is 0 Å². The Morgan fingerprint density at radius 1 is 1.35 bits per heavy atom. The molecule has 2 aromatic rings. The molecule has 0 aliphatic rings. The average molecular weight is 319 g/mol. The van der Waals surface area contributed by atoms with Crippen molar-refractivity contribution in [3.63, 3.8) is 0 Å². The normalized spacial score (nSPS) is 13.3. The number of ether oxygens (including phenoxy) is 1. The van der Waals surface area contributed by atoms with E-state index in [0.717, 1.165) is 5.52 Å². The fraction of sp³-hybridized carbons (Fsp3) is 0.500. The minimum atomic E-state index is -0.476. The van der Waals surface area contributed by atoms with Gasteiger partial charge in [0.05, 0.1) is 34.1 Å². The van der Waals surface area contributed by atoms with E-state index in [0.29, 0.717) is 24.5 Å². The zero-order valence-corrected chi connectivity index (χ0v) is 13.2. The lowest BCUT2D eigenvalue weighted by molar-refractivity contribution is 0.0729. The molecular weight excluding hydrogens is 302 g/mol. The molecule has 20 heavy (non-hydrogen) atoms.